The highest BCUT2D eigenvalue weighted by Gasteiger charge is 2.14. The van der Waals surface area contributed by atoms with Gasteiger partial charge in [-0.05, 0) is 37.6 Å². The summed E-state index contributed by atoms with van der Waals surface area (Å²) in [5.41, 5.74) is 8.40. The molecule has 0 saturated carbocycles. The third-order valence-electron chi connectivity index (χ3n) is 4.27. The molecule has 0 aliphatic heterocycles. The van der Waals surface area contributed by atoms with E-state index in [0.29, 0.717) is 0 Å². The van der Waals surface area contributed by atoms with Crippen molar-refractivity contribution >= 4 is 11.0 Å². The van der Waals surface area contributed by atoms with Crippen molar-refractivity contribution in [2.45, 2.75) is 13.8 Å². The lowest BCUT2D eigenvalue weighted by Gasteiger charge is -2.13. The van der Waals surface area contributed by atoms with Gasteiger partial charge in [0.2, 0.25) is 0 Å². The zero-order valence-corrected chi connectivity index (χ0v) is 13.8. The van der Waals surface area contributed by atoms with Crippen molar-refractivity contribution in [2.75, 3.05) is 0 Å². The van der Waals surface area contributed by atoms with E-state index >= 15 is 0 Å². The number of nitrogens with zero attached hydrogens (tertiary/aromatic N) is 2. The van der Waals surface area contributed by atoms with E-state index in [1.807, 2.05) is 42.5 Å². The summed E-state index contributed by atoms with van der Waals surface area (Å²) in [6.07, 6.45) is 0. The molecule has 0 aliphatic rings. The number of fused-ring (bicyclic) bond motifs is 1. The lowest BCUT2D eigenvalue weighted by molar-refractivity contribution is 1.27. The Hall–Kier alpha value is -3.00. The van der Waals surface area contributed by atoms with E-state index in [2.05, 4.69) is 44.2 Å². The molecule has 0 spiro atoms. The van der Waals surface area contributed by atoms with Crippen molar-refractivity contribution in [3.05, 3.63) is 83.9 Å². The average molecular weight is 310 g/mol. The van der Waals surface area contributed by atoms with Gasteiger partial charge in [0.15, 0.2) is 0 Å². The van der Waals surface area contributed by atoms with Crippen LogP contribution in [0.3, 0.4) is 0 Å². The lowest BCUT2D eigenvalue weighted by atomic mass is 9.98. The second kappa shape index (κ2) is 5.89. The minimum atomic E-state index is 0.922. The summed E-state index contributed by atoms with van der Waals surface area (Å²) in [6, 6.07) is 24.8. The first kappa shape index (κ1) is 14.6. The van der Waals surface area contributed by atoms with Crippen LogP contribution < -0.4 is 0 Å². The highest BCUT2D eigenvalue weighted by Crippen LogP contribution is 2.33. The van der Waals surface area contributed by atoms with Gasteiger partial charge >= 0.3 is 0 Å². The summed E-state index contributed by atoms with van der Waals surface area (Å²) in [5, 5.41) is 0. The number of aryl methyl sites for hydroxylation is 2. The first-order valence-corrected chi connectivity index (χ1v) is 8.12. The molecule has 0 atom stereocenters. The van der Waals surface area contributed by atoms with Gasteiger partial charge in [-0.3, -0.25) is 0 Å². The van der Waals surface area contributed by atoms with Crippen molar-refractivity contribution in [3.8, 4) is 22.5 Å². The number of aromatic nitrogens is 2. The standard InChI is InChI=1S/C22H18N2/c1-15-12-13-16(2)18(14-15)22-21(17-8-4-3-5-9-17)23-19-10-6-7-11-20(19)24-22/h3-14H,1-2H3. The monoisotopic (exact) mass is 310 g/mol. The summed E-state index contributed by atoms with van der Waals surface area (Å²) in [7, 11) is 0. The number of rotatable bonds is 2. The molecule has 0 saturated heterocycles. The molecule has 1 aromatic heterocycles. The van der Waals surface area contributed by atoms with E-state index in [0.717, 1.165) is 33.5 Å². The quantitative estimate of drug-likeness (QED) is 0.483. The van der Waals surface area contributed by atoms with E-state index in [9.17, 15) is 0 Å². The van der Waals surface area contributed by atoms with Crippen LogP contribution in [0.1, 0.15) is 11.1 Å². The molecule has 0 N–H and O–H groups in total. The summed E-state index contributed by atoms with van der Waals surface area (Å²) in [6.45, 7) is 4.24. The Morgan fingerprint density at radius 2 is 1.25 bits per heavy atom. The van der Waals surface area contributed by atoms with Crippen molar-refractivity contribution in [3.63, 3.8) is 0 Å². The molecular formula is C22H18N2. The molecular weight excluding hydrogens is 292 g/mol. The van der Waals surface area contributed by atoms with Gasteiger partial charge in [0.25, 0.3) is 0 Å². The molecule has 2 nitrogen and oxygen atoms in total. The molecule has 0 aliphatic carbocycles. The van der Waals surface area contributed by atoms with Gasteiger partial charge in [-0.2, -0.15) is 0 Å². The zero-order valence-electron chi connectivity index (χ0n) is 13.8. The van der Waals surface area contributed by atoms with E-state index in [1.54, 1.807) is 0 Å². The Kier molecular flexibility index (Phi) is 3.58. The van der Waals surface area contributed by atoms with Crippen LogP contribution in [0, 0.1) is 13.8 Å². The minimum absolute atomic E-state index is 0.922. The Labute approximate surface area is 141 Å². The smallest absolute Gasteiger partial charge is 0.0975 e. The number of hydrogen-bond acceptors (Lipinski definition) is 2. The molecule has 4 rings (SSSR count). The van der Waals surface area contributed by atoms with Crippen LogP contribution in [0.5, 0.6) is 0 Å². The first-order valence-electron chi connectivity index (χ1n) is 8.12. The van der Waals surface area contributed by atoms with Gasteiger partial charge in [0.1, 0.15) is 0 Å². The minimum Gasteiger partial charge on any atom is -0.244 e. The van der Waals surface area contributed by atoms with Gasteiger partial charge in [0, 0.05) is 11.1 Å². The molecule has 0 radical (unpaired) electrons. The van der Waals surface area contributed by atoms with Crippen molar-refractivity contribution in [1.29, 1.82) is 0 Å². The molecule has 1 heterocycles. The van der Waals surface area contributed by atoms with Crippen LogP contribution in [0.25, 0.3) is 33.5 Å². The second-order valence-corrected chi connectivity index (χ2v) is 6.09. The van der Waals surface area contributed by atoms with Gasteiger partial charge in [-0.25, -0.2) is 9.97 Å². The fourth-order valence-corrected chi connectivity index (χ4v) is 2.98. The van der Waals surface area contributed by atoms with Crippen LogP contribution in [0.2, 0.25) is 0 Å². The molecule has 3 aromatic carbocycles. The molecule has 116 valence electrons. The summed E-state index contributed by atoms with van der Waals surface area (Å²) >= 11 is 0. The fourth-order valence-electron chi connectivity index (χ4n) is 2.98. The van der Waals surface area contributed by atoms with Gasteiger partial charge in [-0.1, -0.05) is 60.2 Å². The molecule has 0 bridgehead atoms. The predicted molar refractivity (Wildman–Crippen MR) is 99.9 cm³/mol. The van der Waals surface area contributed by atoms with Crippen LogP contribution in [0.4, 0.5) is 0 Å². The highest BCUT2D eigenvalue weighted by atomic mass is 14.8. The number of para-hydroxylation sites is 2. The highest BCUT2D eigenvalue weighted by molar-refractivity contribution is 5.87. The van der Waals surface area contributed by atoms with Crippen molar-refractivity contribution < 1.29 is 0 Å². The van der Waals surface area contributed by atoms with Gasteiger partial charge in [0.05, 0.1) is 22.4 Å². The second-order valence-electron chi connectivity index (χ2n) is 6.09. The Morgan fingerprint density at radius 3 is 1.96 bits per heavy atom. The van der Waals surface area contributed by atoms with Gasteiger partial charge < -0.3 is 0 Å². The van der Waals surface area contributed by atoms with E-state index in [4.69, 9.17) is 9.97 Å². The molecule has 0 fully saturated rings. The fraction of sp³-hybridized carbons (Fsp3) is 0.0909. The van der Waals surface area contributed by atoms with Gasteiger partial charge in [-0.15, -0.1) is 0 Å². The number of benzene rings is 3. The van der Waals surface area contributed by atoms with E-state index in [-0.39, 0.29) is 0 Å². The first-order chi connectivity index (χ1) is 11.7. The molecule has 2 heteroatoms. The maximum Gasteiger partial charge on any atom is 0.0975 e. The van der Waals surface area contributed by atoms with Crippen molar-refractivity contribution in [2.24, 2.45) is 0 Å². The van der Waals surface area contributed by atoms with Crippen LogP contribution in [-0.4, -0.2) is 9.97 Å². The maximum atomic E-state index is 4.96. The SMILES string of the molecule is Cc1ccc(C)c(-c2nc3ccccc3nc2-c2ccccc2)c1. The summed E-state index contributed by atoms with van der Waals surface area (Å²) in [5.74, 6) is 0. The molecule has 24 heavy (non-hydrogen) atoms. The van der Waals surface area contributed by atoms with E-state index in [1.165, 1.54) is 11.1 Å². The van der Waals surface area contributed by atoms with Crippen LogP contribution >= 0.6 is 0 Å². The third-order valence-corrected chi connectivity index (χ3v) is 4.27. The molecule has 0 amide bonds. The Balaban J connectivity index is 2.07. The van der Waals surface area contributed by atoms with Crippen LogP contribution in [-0.2, 0) is 0 Å². The largest absolute Gasteiger partial charge is 0.244 e. The normalized spacial score (nSPS) is 10.9. The Bertz CT molecular complexity index is 1020. The zero-order chi connectivity index (χ0) is 16.5. The van der Waals surface area contributed by atoms with Crippen molar-refractivity contribution in [1.82, 2.24) is 9.97 Å². The average Bonchev–Trinajstić information content (AvgIpc) is 2.63. The summed E-state index contributed by atoms with van der Waals surface area (Å²) < 4.78 is 0. The molecule has 0 unspecified atom stereocenters. The summed E-state index contributed by atoms with van der Waals surface area (Å²) in [4.78, 5) is 9.89. The predicted octanol–water partition coefficient (Wildman–Crippen LogP) is 5.58. The van der Waals surface area contributed by atoms with Crippen LogP contribution in [0.15, 0.2) is 72.8 Å². The maximum absolute atomic E-state index is 4.96. The topological polar surface area (TPSA) is 25.8 Å². The number of hydrogen-bond donors (Lipinski definition) is 0. The van der Waals surface area contributed by atoms with E-state index < -0.39 is 0 Å². The Morgan fingerprint density at radius 1 is 0.625 bits per heavy atom. The molecule has 4 aromatic rings. The lowest BCUT2D eigenvalue weighted by Crippen LogP contribution is -1.97. The third kappa shape index (κ3) is 2.56.